The number of nitrogen functional groups attached to an aromatic ring is 1. The number of carbonyl (C=O) groups is 2. The van der Waals surface area contributed by atoms with Crippen molar-refractivity contribution in [2.75, 3.05) is 35.2 Å². The van der Waals surface area contributed by atoms with Crippen molar-refractivity contribution < 1.29 is 70.5 Å². The fourth-order valence-corrected chi connectivity index (χ4v) is 13.4. The van der Waals surface area contributed by atoms with Gasteiger partial charge in [-0.25, -0.2) is 38.3 Å². The Bertz CT molecular complexity index is 2730. The smallest absolute Gasteiger partial charge is 0.422 e. The van der Waals surface area contributed by atoms with Crippen LogP contribution < -0.4 is 21.2 Å². The number of benzene rings is 2. The normalized spacial score (nSPS) is 23.7. The van der Waals surface area contributed by atoms with Crippen LogP contribution in [0.25, 0.3) is 33.3 Å². The lowest BCUT2D eigenvalue weighted by molar-refractivity contribution is -0.121. The number of phosphoric ester groups is 1. The Morgan fingerprint density at radius 3 is 2.34 bits per heavy atom. The molecule has 2 aliphatic rings. The lowest BCUT2D eigenvalue weighted by atomic mass is 9.99. The number of hydrogen-bond acceptors (Lipinski definition) is 19. The molecule has 0 bridgehead atoms. The monoisotopic (exact) mass is 925 g/mol. The number of amides is 2. The van der Waals surface area contributed by atoms with Crippen molar-refractivity contribution in [1.29, 1.82) is 0 Å². The summed E-state index contributed by atoms with van der Waals surface area (Å²) in [5.74, 6) is -1.79. The highest BCUT2D eigenvalue weighted by molar-refractivity contribution is 8.55. The van der Waals surface area contributed by atoms with Gasteiger partial charge in [0.05, 0.1) is 24.2 Å². The molecule has 27 heteroatoms. The van der Waals surface area contributed by atoms with Crippen molar-refractivity contribution in [3.05, 3.63) is 71.1 Å². The number of rotatable bonds is 15. The van der Waals surface area contributed by atoms with Crippen molar-refractivity contribution in [2.45, 2.75) is 57.0 Å². The molecule has 7 N–H and O–H groups in total. The van der Waals surface area contributed by atoms with Gasteiger partial charge >= 0.3 is 28.1 Å². The van der Waals surface area contributed by atoms with Gasteiger partial charge in [0, 0.05) is 36.7 Å². The minimum atomic E-state index is -5.95. The highest BCUT2D eigenvalue weighted by Crippen LogP contribution is 2.72. The second kappa shape index (κ2) is 17.1. The number of aliphatic hydroxyl groups is 2. The summed E-state index contributed by atoms with van der Waals surface area (Å²) in [5.41, 5.74) is 8.10. The number of fused-ring (bicyclic) bond motifs is 2. The molecule has 5 aromatic rings. The Morgan fingerprint density at radius 2 is 1.66 bits per heavy atom. The number of imidazole rings is 1. The van der Waals surface area contributed by atoms with E-state index in [1.807, 2.05) is 26.0 Å². The molecule has 5 heterocycles. The largest absolute Gasteiger partial charge is 0.488 e. The fourth-order valence-electron chi connectivity index (χ4n) is 7.00. The van der Waals surface area contributed by atoms with Crippen LogP contribution in [0.3, 0.4) is 0 Å². The van der Waals surface area contributed by atoms with E-state index in [0.29, 0.717) is 22.1 Å². The summed E-state index contributed by atoms with van der Waals surface area (Å²) in [4.78, 5) is 85.0. The Balaban J connectivity index is 0.966. The van der Waals surface area contributed by atoms with E-state index in [-0.39, 0.29) is 39.6 Å². The molecule has 2 amide bonds. The number of imide groups is 1. The van der Waals surface area contributed by atoms with Crippen LogP contribution in [-0.4, -0.2) is 99.5 Å². The van der Waals surface area contributed by atoms with Crippen molar-refractivity contribution in [3.8, 4) is 11.1 Å². The standard InChI is InChI=1S/C34H38N7O16P3S/c1-4-39(5-2)20-10-11-21-17(3)26(34(46)55-22(21)12-20)18-6-8-19(9-7-18)41-25(42)13-24(32(41)45)61-60(51,52)57-59(49,50)56-58(47,48)53-14-23-28(43)29(44)33(54-23)40-16-38-27-30(35)36-15-37-31(27)40/h6-12,15-16,23-24,28-29,33,43-44H,4-5,13-14H2,1-3H3,(H,47,48)(H,49,50)(H,51,52)(H2,35,36,37)/t23-,24?,28-,29-,33-/m1/s1. The molecule has 2 fully saturated rings. The number of anilines is 3. The summed E-state index contributed by atoms with van der Waals surface area (Å²) >= 11 is -0.192. The topological polar surface area (TPSA) is 330 Å². The van der Waals surface area contributed by atoms with Crippen LogP contribution in [0.2, 0.25) is 0 Å². The molecule has 4 unspecified atom stereocenters. The number of nitrogens with zero attached hydrogens (tertiary/aromatic N) is 6. The Hall–Kier alpha value is -4.38. The van der Waals surface area contributed by atoms with Gasteiger partial charge in [-0.3, -0.25) is 18.7 Å². The van der Waals surface area contributed by atoms with E-state index in [1.54, 1.807) is 13.0 Å². The zero-order valence-electron chi connectivity index (χ0n) is 32.1. The first-order valence-corrected chi connectivity index (χ1v) is 24.3. The summed E-state index contributed by atoms with van der Waals surface area (Å²) < 4.78 is 63.8. The van der Waals surface area contributed by atoms with E-state index >= 15 is 0 Å². The van der Waals surface area contributed by atoms with Gasteiger partial charge < -0.3 is 44.7 Å². The second-order valence-corrected chi connectivity index (χ2v) is 20.8. The van der Waals surface area contributed by atoms with Gasteiger partial charge in [-0.05, 0) is 67.5 Å². The number of carbonyl (C=O) groups excluding carboxylic acids is 2. The van der Waals surface area contributed by atoms with Crippen LogP contribution in [0, 0.1) is 6.92 Å². The Labute approximate surface area is 348 Å². The van der Waals surface area contributed by atoms with Crippen molar-refractivity contribution in [2.24, 2.45) is 0 Å². The predicted molar refractivity (Wildman–Crippen MR) is 218 cm³/mol. The number of phosphoric acid groups is 2. The van der Waals surface area contributed by atoms with Crippen molar-refractivity contribution in [3.63, 3.8) is 0 Å². The summed E-state index contributed by atoms with van der Waals surface area (Å²) in [6.07, 6.45) is -4.66. The number of aliphatic hydroxyl groups excluding tert-OH is 2. The van der Waals surface area contributed by atoms with Crippen molar-refractivity contribution in [1.82, 2.24) is 19.5 Å². The Kier molecular flexibility index (Phi) is 12.5. The van der Waals surface area contributed by atoms with Crippen LogP contribution >= 0.6 is 33.8 Å². The fraction of sp³-hybridized carbons (Fsp3) is 0.353. The molecule has 326 valence electrons. The maximum absolute atomic E-state index is 13.3. The van der Waals surface area contributed by atoms with Gasteiger partial charge in [0.1, 0.15) is 41.0 Å². The summed E-state index contributed by atoms with van der Waals surface area (Å²) in [6.45, 7) is 0.867. The van der Waals surface area contributed by atoms with E-state index in [9.17, 15) is 53.0 Å². The van der Waals surface area contributed by atoms with Gasteiger partial charge in [0.25, 0.3) is 0 Å². The predicted octanol–water partition coefficient (Wildman–Crippen LogP) is 3.37. The van der Waals surface area contributed by atoms with Gasteiger partial charge in [0.2, 0.25) is 11.8 Å². The molecular formula is C34H38N7O16P3S. The molecule has 2 saturated heterocycles. The van der Waals surface area contributed by atoms with Gasteiger partial charge in [-0.15, -0.1) is 0 Å². The van der Waals surface area contributed by atoms with Crippen molar-refractivity contribution >= 4 is 85.0 Å². The van der Waals surface area contributed by atoms with E-state index in [1.165, 1.54) is 35.2 Å². The quantitative estimate of drug-likeness (QED) is 0.0498. The molecule has 0 spiro atoms. The van der Waals surface area contributed by atoms with E-state index in [4.69, 9.17) is 14.9 Å². The molecule has 8 atom stereocenters. The van der Waals surface area contributed by atoms with Crippen LogP contribution in [0.15, 0.2) is 64.3 Å². The van der Waals surface area contributed by atoms with Crippen LogP contribution in [0.4, 0.5) is 17.2 Å². The zero-order valence-corrected chi connectivity index (χ0v) is 35.6. The number of ether oxygens (including phenoxy) is 1. The van der Waals surface area contributed by atoms with Crippen LogP contribution in [0.5, 0.6) is 0 Å². The third kappa shape index (κ3) is 9.09. The number of nitrogens with two attached hydrogens (primary N) is 1. The second-order valence-electron chi connectivity index (χ2n) is 13.6. The lowest BCUT2D eigenvalue weighted by Crippen LogP contribution is -2.33. The first kappa shape index (κ1) is 44.7. The highest BCUT2D eigenvalue weighted by Gasteiger charge is 2.49. The summed E-state index contributed by atoms with van der Waals surface area (Å²) in [5, 5.41) is 20.2. The third-order valence-electron chi connectivity index (χ3n) is 9.87. The maximum Gasteiger partial charge on any atom is 0.488 e. The molecule has 0 saturated carbocycles. The van der Waals surface area contributed by atoms with Gasteiger partial charge in [-0.1, -0.05) is 12.1 Å². The van der Waals surface area contributed by atoms with E-state index in [2.05, 4.69) is 33.0 Å². The number of aromatic nitrogens is 4. The first-order valence-electron chi connectivity index (χ1n) is 18.2. The highest BCUT2D eigenvalue weighted by atomic mass is 32.7. The summed E-state index contributed by atoms with van der Waals surface area (Å²) in [7, 11) is -11.6. The van der Waals surface area contributed by atoms with Gasteiger partial charge in [0.15, 0.2) is 17.7 Å². The maximum atomic E-state index is 13.3. The van der Waals surface area contributed by atoms with E-state index in [0.717, 1.165) is 30.0 Å². The summed E-state index contributed by atoms with van der Waals surface area (Å²) in [6, 6.07) is 11.3. The van der Waals surface area contributed by atoms with Crippen LogP contribution in [0.1, 0.15) is 32.1 Å². The van der Waals surface area contributed by atoms with Gasteiger partial charge in [-0.2, -0.15) is 8.62 Å². The average Bonchev–Trinajstić information content (AvgIpc) is 3.82. The molecule has 3 aromatic heterocycles. The molecule has 0 aliphatic carbocycles. The lowest BCUT2D eigenvalue weighted by Gasteiger charge is -2.21. The molecule has 61 heavy (non-hydrogen) atoms. The number of aryl methyl sites for hydroxylation is 1. The number of hydrogen-bond donors (Lipinski definition) is 6. The molecule has 7 rings (SSSR count). The SMILES string of the molecule is CCN(CC)c1ccc2c(C)c(-c3ccc(N4C(=O)CC(SP(=O)(O)OP(=O)(O)OP(=O)(O)OC[C@H]5O[C@@H](n6cnc7c(N)ncnc76)[C@H](O)[C@@H]5O)C4=O)cc3)c(=O)oc2c1. The first-order chi connectivity index (χ1) is 28.7. The zero-order chi connectivity index (χ0) is 44.2. The van der Waals surface area contributed by atoms with E-state index < -0.39 is 82.7 Å². The average molecular weight is 926 g/mol. The Morgan fingerprint density at radius 1 is 0.951 bits per heavy atom. The molecule has 23 nitrogen and oxygen atoms in total. The van der Waals surface area contributed by atoms with Crippen LogP contribution in [-0.2, 0) is 41.2 Å². The third-order valence-corrected chi connectivity index (χ3v) is 16.7. The molecule has 0 radical (unpaired) electrons. The molecule has 2 aliphatic heterocycles. The molecule has 2 aromatic carbocycles. The minimum absolute atomic E-state index is 0.0134. The minimum Gasteiger partial charge on any atom is -0.422 e. The molecular weight excluding hydrogens is 887 g/mol.